The van der Waals surface area contributed by atoms with Gasteiger partial charge in [0, 0.05) is 42.5 Å². The summed E-state index contributed by atoms with van der Waals surface area (Å²) in [5, 5.41) is 7.25. The average Bonchev–Trinajstić information content (AvgIpc) is 3.17. The van der Waals surface area contributed by atoms with Gasteiger partial charge in [0.15, 0.2) is 0 Å². The molecule has 0 radical (unpaired) electrons. The zero-order valence-corrected chi connectivity index (χ0v) is 12.6. The van der Waals surface area contributed by atoms with Crippen molar-refractivity contribution in [2.75, 3.05) is 24.5 Å². The van der Waals surface area contributed by atoms with Crippen LogP contribution in [0, 0.1) is 11.8 Å². The normalized spacial score (nSPS) is 26.4. The summed E-state index contributed by atoms with van der Waals surface area (Å²) in [6, 6.07) is 2.04. The fourth-order valence-corrected chi connectivity index (χ4v) is 4.54. The second-order valence-corrected chi connectivity index (χ2v) is 7.18. The third-order valence-electron chi connectivity index (χ3n) is 4.18. The van der Waals surface area contributed by atoms with Crippen LogP contribution < -0.4 is 4.90 Å². The van der Waals surface area contributed by atoms with Gasteiger partial charge in [-0.1, -0.05) is 0 Å². The third-order valence-corrected chi connectivity index (χ3v) is 5.61. The van der Waals surface area contributed by atoms with Gasteiger partial charge in [0.25, 0.3) is 0 Å². The molecule has 0 saturated carbocycles. The van der Waals surface area contributed by atoms with Crippen LogP contribution in [0.2, 0.25) is 0 Å². The number of amides is 1. The van der Waals surface area contributed by atoms with Gasteiger partial charge in [0.05, 0.1) is 18.2 Å². The molecule has 104 valence electrons. The average molecular weight is 305 g/mol. The molecule has 4 heterocycles. The summed E-state index contributed by atoms with van der Waals surface area (Å²) in [6.07, 6.45) is 1.85. The minimum Gasteiger partial charge on any atom is -0.311 e. The van der Waals surface area contributed by atoms with Crippen molar-refractivity contribution in [3.8, 4) is 0 Å². The summed E-state index contributed by atoms with van der Waals surface area (Å²) in [6.45, 7) is 3.64. The van der Waals surface area contributed by atoms with Crippen molar-refractivity contribution in [3.63, 3.8) is 0 Å². The maximum atomic E-state index is 12.5. The Balaban J connectivity index is 1.45. The number of likely N-dealkylation sites (tertiary alicyclic amines) is 1. The zero-order chi connectivity index (χ0) is 13.5. The van der Waals surface area contributed by atoms with Crippen LogP contribution >= 0.6 is 22.7 Å². The van der Waals surface area contributed by atoms with Gasteiger partial charge in [-0.25, -0.2) is 4.98 Å². The maximum absolute atomic E-state index is 12.5. The molecule has 2 saturated heterocycles. The van der Waals surface area contributed by atoms with Crippen LogP contribution in [0.1, 0.15) is 5.01 Å². The molecule has 2 atom stereocenters. The van der Waals surface area contributed by atoms with Crippen molar-refractivity contribution in [1.82, 2.24) is 9.88 Å². The minimum atomic E-state index is 0.176. The number of hydrogen-bond acceptors (Lipinski definition) is 5. The SMILES string of the molecule is O=C1[C@@H]2CN(Cc3nccs3)C[C@@H]2CN1c1ccsc1. The number of carbonyl (C=O) groups is 1. The van der Waals surface area contributed by atoms with Crippen LogP contribution in [0.25, 0.3) is 0 Å². The molecular formula is C14H15N3OS2. The Morgan fingerprint density at radius 3 is 2.95 bits per heavy atom. The van der Waals surface area contributed by atoms with Crippen LogP contribution in [-0.2, 0) is 11.3 Å². The second-order valence-electron chi connectivity index (χ2n) is 5.42. The Morgan fingerprint density at radius 1 is 1.30 bits per heavy atom. The van der Waals surface area contributed by atoms with E-state index in [1.54, 1.807) is 22.7 Å². The molecule has 2 aromatic rings. The van der Waals surface area contributed by atoms with Crippen molar-refractivity contribution in [2.45, 2.75) is 6.54 Å². The Bertz CT molecular complexity index is 596. The predicted octanol–water partition coefficient (Wildman–Crippen LogP) is 2.30. The smallest absolute Gasteiger partial charge is 0.231 e. The van der Waals surface area contributed by atoms with Crippen molar-refractivity contribution in [2.24, 2.45) is 11.8 Å². The first-order chi connectivity index (χ1) is 9.81. The number of hydrogen-bond donors (Lipinski definition) is 0. The van der Waals surface area contributed by atoms with Crippen molar-refractivity contribution in [3.05, 3.63) is 33.4 Å². The molecule has 0 N–H and O–H groups in total. The number of nitrogens with zero attached hydrogens (tertiary/aromatic N) is 3. The van der Waals surface area contributed by atoms with Crippen molar-refractivity contribution < 1.29 is 4.79 Å². The topological polar surface area (TPSA) is 36.4 Å². The lowest BCUT2D eigenvalue weighted by atomic mass is 10.0. The monoisotopic (exact) mass is 305 g/mol. The number of carbonyl (C=O) groups excluding carboxylic acids is 1. The van der Waals surface area contributed by atoms with Gasteiger partial charge < -0.3 is 4.90 Å². The van der Waals surface area contributed by atoms with Crippen LogP contribution in [0.15, 0.2) is 28.4 Å². The minimum absolute atomic E-state index is 0.176. The Labute approximate surface area is 125 Å². The number of aromatic nitrogens is 1. The fraction of sp³-hybridized carbons (Fsp3) is 0.429. The number of anilines is 1. The highest BCUT2D eigenvalue weighted by Crippen LogP contribution is 2.36. The summed E-state index contributed by atoms with van der Waals surface area (Å²) >= 11 is 3.34. The standard InChI is InChI=1S/C14H15N3OS2/c18-14-12-7-16(8-13-15-2-4-20-13)5-10(12)6-17(14)11-1-3-19-9-11/h1-4,9-10,12H,5-8H2/t10-,12-/m1/s1. The molecule has 0 spiro atoms. The van der Waals surface area contributed by atoms with Gasteiger partial charge in [-0.3, -0.25) is 9.69 Å². The van der Waals surface area contributed by atoms with E-state index in [1.807, 2.05) is 27.9 Å². The van der Waals surface area contributed by atoms with Gasteiger partial charge in [-0.2, -0.15) is 11.3 Å². The summed E-state index contributed by atoms with van der Waals surface area (Å²) in [5.41, 5.74) is 1.07. The molecule has 0 aromatic carbocycles. The van der Waals surface area contributed by atoms with Crippen molar-refractivity contribution in [1.29, 1.82) is 0 Å². The largest absolute Gasteiger partial charge is 0.311 e. The van der Waals surface area contributed by atoms with Crippen LogP contribution in [-0.4, -0.2) is 35.4 Å². The van der Waals surface area contributed by atoms with Gasteiger partial charge in [0.2, 0.25) is 5.91 Å². The summed E-state index contributed by atoms with van der Waals surface area (Å²) in [4.78, 5) is 21.2. The lowest BCUT2D eigenvalue weighted by Crippen LogP contribution is -2.32. The lowest BCUT2D eigenvalue weighted by molar-refractivity contribution is -0.120. The maximum Gasteiger partial charge on any atom is 0.231 e. The molecule has 2 aromatic heterocycles. The van der Waals surface area contributed by atoms with E-state index in [-0.39, 0.29) is 5.92 Å². The van der Waals surface area contributed by atoms with Crippen molar-refractivity contribution >= 4 is 34.3 Å². The predicted molar refractivity (Wildman–Crippen MR) is 81.0 cm³/mol. The van der Waals surface area contributed by atoms with E-state index < -0.39 is 0 Å². The summed E-state index contributed by atoms with van der Waals surface area (Å²) in [7, 11) is 0. The number of rotatable bonds is 3. The fourth-order valence-electron chi connectivity index (χ4n) is 3.24. The highest BCUT2D eigenvalue weighted by Gasteiger charge is 2.46. The van der Waals surface area contributed by atoms with E-state index in [0.717, 1.165) is 36.9 Å². The summed E-state index contributed by atoms with van der Waals surface area (Å²) < 4.78 is 0. The van der Waals surface area contributed by atoms with Crippen LogP contribution in [0.4, 0.5) is 5.69 Å². The number of thiophene rings is 1. The van der Waals surface area contributed by atoms with Crippen LogP contribution in [0.5, 0.6) is 0 Å². The molecule has 0 unspecified atom stereocenters. The third kappa shape index (κ3) is 2.08. The molecular weight excluding hydrogens is 290 g/mol. The first-order valence-corrected chi connectivity index (χ1v) is 8.58. The molecule has 0 aliphatic carbocycles. The molecule has 2 aliphatic heterocycles. The number of fused-ring (bicyclic) bond motifs is 1. The first kappa shape index (κ1) is 12.5. The molecule has 4 rings (SSSR count). The zero-order valence-electron chi connectivity index (χ0n) is 10.9. The highest BCUT2D eigenvalue weighted by atomic mass is 32.1. The van der Waals surface area contributed by atoms with Gasteiger partial charge in [-0.15, -0.1) is 11.3 Å². The van der Waals surface area contributed by atoms with Crippen LogP contribution in [0.3, 0.4) is 0 Å². The van der Waals surface area contributed by atoms with E-state index in [9.17, 15) is 4.79 Å². The van der Waals surface area contributed by atoms with Gasteiger partial charge in [-0.05, 0) is 11.4 Å². The van der Waals surface area contributed by atoms with E-state index >= 15 is 0 Å². The highest BCUT2D eigenvalue weighted by molar-refractivity contribution is 7.09. The molecule has 2 fully saturated rings. The molecule has 2 aliphatic rings. The summed E-state index contributed by atoms with van der Waals surface area (Å²) in [5.74, 6) is 0.951. The van der Waals surface area contributed by atoms with E-state index in [4.69, 9.17) is 0 Å². The molecule has 20 heavy (non-hydrogen) atoms. The lowest BCUT2D eigenvalue weighted by Gasteiger charge is -2.20. The molecule has 0 bridgehead atoms. The van der Waals surface area contributed by atoms with Gasteiger partial charge in [0.1, 0.15) is 5.01 Å². The van der Waals surface area contributed by atoms with E-state index in [1.165, 1.54) is 0 Å². The molecule has 6 heteroatoms. The first-order valence-electron chi connectivity index (χ1n) is 6.75. The van der Waals surface area contributed by atoms with E-state index in [0.29, 0.717) is 11.8 Å². The molecule has 4 nitrogen and oxygen atoms in total. The Hall–Kier alpha value is -1.24. The molecule has 1 amide bonds. The second kappa shape index (κ2) is 4.95. The van der Waals surface area contributed by atoms with E-state index in [2.05, 4.69) is 15.3 Å². The van der Waals surface area contributed by atoms with Gasteiger partial charge >= 0.3 is 0 Å². The Kier molecular flexibility index (Phi) is 3.09. The quantitative estimate of drug-likeness (QED) is 0.873. The number of thiazole rings is 1. The Morgan fingerprint density at radius 2 is 2.25 bits per heavy atom.